The van der Waals surface area contributed by atoms with Crippen molar-refractivity contribution in [1.82, 2.24) is 4.98 Å². The van der Waals surface area contributed by atoms with E-state index >= 15 is 0 Å². The molecule has 0 aliphatic rings. The van der Waals surface area contributed by atoms with E-state index in [0.29, 0.717) is 11.4 Å². The van der Waals surface area contributed by atoms with E-state index in [2.05, 4.69) is 31.5 Å². The standard InChI is InChI=1S/C15H16BrN3O/c1-9-4-5-13(17-3)11(6-9)15(20)19-14-7-10(2)12(16)8-18-14/h4-8,17H,1-3H3,(H,18,19,20). The van der Waals surface area contributed by atoms with Crippen molar-refractivity contribution in [2.24, 2.45) is 0 Å². The van der Waals surface area contributed by atoms with Crippen LogP contribution in [0.15, 0.2) is 34.9 Å². The van der Waals surface area contributed by atoms with E-state index in [-0.39, 0.29) is 5.91 Å². The number of rotatable bonds is 3. The maximum atomic E-state index is 12.3. The van der Waals surface area contributed by atoms with E-state index < -0.39 is 0 Å². The van der Waals surface area contributed by atoms with Crippen LogP contribution in [0.5, 0.6) is 0 Å². The van der Waals surface area contributed by atoms with Crippen LogP contribution in [0, 0.1) is 13.8 Å². The molecule has 0 bridgehead atoms. The lowest BCUT2D eigenvalue weighted by Gasteiger charge is -2.11. The number of anilines is 2. The number of benzene rings is 1. The van der Waals surface area contributed by atoms with Gasteiger partial charge in [-0.25, -0.2) is 4.98 Å². The van der Waals surface area contributed by atoms with E-state index in [9.17, 15) is 4.79 Å². The fourth-order valence-electron chi connectivity index (χ4n) is 1.86. The molecule has 0 aliphatic heterocycles. The number of hydrogen-bond donors (Lipinski definition) is 2. The Hall–Kier alpha value is -1.88. The molecule has 0 saturated heterocycles. The molecule has 0 aliphatic carbocycles. The van der Waals surface area contributed by atoms with E-state index in [1.54, 1.807) is 13.2 Å². The van der Waals surface area contributed by atoms with Crippen molar-refractivity contribution in [3.63, 3.8) is 0 Å². The Morgan fingerprint density at radius 2 is 2.00 bits per heavy atom. The first-order chi connectivity index (χ1) is 9.51. The first-order valence-electron chi connectivity index (χ1n) is 6.23. The minimum Gasteiger partial charge on any atom is -0.387 e. The van der Waals surface area contributed by atoms with Crippen LogP contribution in [0.3, 0.4) is 0 Å². The van der Waals surface area contributed by atoms with Crippen LogP contribution in [0.4, 0.5) is 11.5 Å². The minimum absolute atomic E-state index is 0.174. The van der Waals surface area contributed by atoms with Gasteiger partial charge in [0.1, 0.15) is 5.82 Å². The third-order valence-electron chi connectivity index (χ3n) is 2.98. The second-order valence-electron chi connectivity index (χ2n) is 4.57. The lowest BCUT2D eigenvalue weighted by Crippen LogP contribution is -2.15. The molecule has 1 heterocycles. The molecular formula is C15H16BrN3O. The number of hydrogen-bond acceptors (Lipinski definition) is 3. The van der Waals surface area contributed by atoms with Gasteiger partial charge in [-0.3, -0.25) is 4.79 Å². The van der Waals surface area contributed by atoms with Gasteiger partial charge in [0.15, 0.2) is 0 Å². The van der Waals surface area contributed by atoms with Gasteiger partial charge in [0.05, 0.1) is 5.56 Å². The number of carbonyl (C=O) groups excluding carboxylic acids is 1. The molecule has 4 nitrogen and oxygen atoms in total. The predicted octanol–water partition coefficient (Wildman–Crippen LogP) is 3.75. The lowest BCUT2D eigenvalue weighted by atomic mass is 10.1. The van der Waals surface area contributed by atoms with Gasteiger partial charge in [-0.05, 0) is 53.5 Å². The third kappa shape index (κ3) is 3.17. The Bertz CT molecular complexity index is 656. The summed E-state index contributed by atoms with van der Waals surface area (Å²) in [7, 11) is 1.80. The summed E-state index contributed by atoms with van der Waals surface area (Å²) < 4.78 is 0.918. The van der Waals surface area contributed by atoms with E-state index in [1.807, 2.05) is 38.1 Å². The highest BCUT2D eigenvalue weighted by Gasteiger charge is 2.12. The molecule has 0 unspecified atom stereocenters. The van der Waals surface area contributed by atoms with Crippen LogP contribution in [-0.4, -0.2) is 17.9 Å². The number of nitrogens with one attached hydrogen (secondary N) is 2. The van der Waals surface area contributed by atoms with Crippen LogP contribution in [-0.2, 0) is 0 Å². The molecular weight excluding hydrogens is 318 g/mol. The van der Waals surface area contributed by atoms with Gasteiger partial charge in [-0.2, -0.15) is 0 Å². The van der Waals surface area contributed by atoms with E-state index in [0.717, 1.165) is 21.3 Å². The van der Waals surface area contributed by atoms with Crippen molar-refractivity contribution in [3.8, 4) is 0 Å². The molecule has 0 saturated carbocycles. The molecule has 104 valence electrons. The zero-order valence-corrected chi connectivity index (χ0v) is 13.2. The summed E-state index contributed by atoms with van der Waals surface area (Å²) in [5.74, 6) is 0.367. The number of pyridine rings is 1. The first kappa shape index (κ1) is 14.5. The smallest absolute Gasteiger partial charge is 0.258 e. The van der Waals surface area contributed by atoms with Crippen molar-refractivity contribution in [3.05, 3.63) is 51.6 Å². The predicted molar refractivity (Wildman–Crippen MR) is 85.4 cm³/mol. The van der Waals surface area contributed by atoms with Crippen molar-refractivity contribution in [1.29, 1.82) is 0 Å². The molecule has 0 radical (unpaired) electrons. The average molecular weight is 334 g/mol. The zero-order chi connectivity index (χ0) is 14.7. The summed E-state index contributed by atoms with van der Waals surface area (Å²) in [5, 5.41) is 5.84. The summed E-state index contributed by atoms with van der Waals surface area (Å²) >= 11 is 3.39. The number of amides is 1. The van der Waals surface area contributed by atoms with Crippen LogP contribution in [0.2, 0.25) is 0 Å². The summed E-state index contributed by atoms with van der Waals surface area (Å²) in [6.07, 6.45) is 1.68. The van der Waals surface area contributed by atoms with Crippen molar-refractivity contribution in [2.45, 2.75) is 13.8 Å². The van der Waals surface area contributed by atoms with Gasteiger partial charge in [0.2, 0.25) is 0 Å². The summed E-state index contributed by atoms with van der Waals surface area (Å²) in [4.78, 5) is 16.5. The SMILES string of the molecule is CNc1ccc(C)cc1C(=O)Nc1cc(C)c(Br)cn1. The Kier molecular flexibility index (Phi) is 4.39. The monoisotopic (exact) mass is 333 g/mol. The normalized spacial score (nSPS) is 10.2. The highest BCUT2D eigenvalue weighted by Crippen LogP contribution is 2.20. The van der Waals surface area contributed by atoms with Crippen molar-refractivity contribution in [2.75, 3.05) is 17.7 Å². The molecule has 1 amide bonds. The van der Waals surface area contributed by atoms with Crippen LogP contribution >= 0.6 is 15.9 Å². The van der Waals surface area contributed by atoms with Crippen molar-refractivity contribution < 1.29 is 4.79 Å². The van der Waals surface area contributed by atoms with Gasteiger partial charge in [-0.1, -0.05) is 11.6 Å². The molecule has 5 heteroatoms. The fourth-order valence-corrected chi connectivity index (χ4v) is 2.07. The summed E-state index contributed by atoms with van der Waals surface area (Å²) in [6, 6.07) is 7.54. The lowest BCUT2D eigenvalue weighted by molar-refractivity contribution is 0.102. The Labute approximate surface area is 126 Å². The zero-order valence-electron chi connectivity index (χ0n) is 11.6. The van der Waals surface area contributed by atoms with Gasteiger partial charge >= 0.3 is 0 Å². The van der Waals surface area contributed by atoms with E-state index in [4.69, 9.17) is 0 Å². The first-order valence-corrected chi connectivity index (χ1v) is 7.02. The number of carbonyl (C=O) groups is 1. The summed E-state index contributed by atoms with van der Waals surface area (Å²) in [6.45, 7) is 3.91. The largest absolute Gasteiger partial charge is 0.387 e. The van der Waals surface area contributed by atoms with Gasteiger partial charge < -0.3 is 10.6 Å². The van der Waals surface area contributed by atoms with E-state index in [1.165, 1.54) is 0 Å². The third-order valence-corrected chi connectivity index (χ3v) is 3.81. The molecule has 2 N–H and O–H groups in total. The van der Waals surface area contributed by atoms with Crippen molar-refractivity contribution >= 4 is 33.3 Å². The number of halogens is 1. The van der Waals surface area contributed by atoms with Crippen LogP contribution in [0.25, 0.3) is 0 Å². The van der Waals surface area contributed by atoms with Gasteiger partial charge in [0, 0.05) is 23.4 Å². The van der Waals surface area contributed by atoms with Crippen LogP contribution in [0.1, 0.15) is 21.5 Å². The average Bonchev–Trinajstić information content (AvgIpc) is 2.43. The highest BCUT2D eigenvalue weighted by atomic mass is 79.9. The topological polar surface area (TPSA) is 54.0 Å². The molecule has 0 fully saturated rings. The highest BCUT2D eigenvalue weighted by molar-refractivity contribution is 9.10. The second-order valence-corrected chi connectivity index (χ2v) is 5.43. The molecule has 2 rings (SSSR count). The van der Waals surface area contributed by atoms with Gasteiger partial charge in [-0.15, -0.1) is 0 Å². The fraction of sp³-hybridized carbons (Fsp3) is 0.200. The van der Waals surface area contributed by atoms with Crippen LogP contribution < -0.4 is 10.6 Å². The molecule has 1 aromatic heterocycles. The number of aromatic nitrogens is 1. The molecule has 20 heavy (non-hydrogen) atoms. The summed E-state index contributed by atoms with van der Waals surface area (Å²) in [5.41, 5.74) is 3.46. The Morgan fingerprint density at radius 1 is 1.25 bits per heavy atom. The Morgan fingerprint density at radius 3 is 2.65 bits per heavy atom. The number of aryl methyl sites for hydroxylation is 2. The Balaban J connectivity index is 2.27. The molecule has 2 aromatic rings. The maximum Gasteiger partial charge on any atom is 0.258 e. The molecule has 0 spiro atoms. The maximum absolute atomic E-state index is 12.3. The quantitative estimate of drug-likeness (QED) is 0.899. The molecule has 0 atom stereocenters. The minimum atomic E-state index is -0.174. The second kappa shape index (κ2) is 6.05. The van der Waals surface area contributed by atoms with Gasteiger partial charge in [0.25, 0.3) is 5.91 Å². The number of nitrogens with zero attached hydrogens (tertiary/aromatic N) is 1. The molecule has 1 aromatic carbocycles.